The topological polar surface area (TPSA) is 75.3 Å². The molecule has 1 aliphatic heterocycles. The largest absolute Gasteiger partial charge is 0.344 e. The number of imide groups is 1. The molecule has 1 heterocycles. The van der Waals surface area contributed by atoms with Crippen LogP contribution in [0.1, 0.15) is 44.9 Å². The normalized spacial score (nSPS) is 44.6. The summed E-state index contributed by atoms with van der Waals surface area (Å²) in [4.78, 5) is 35.6. The summed E-state index contributed by atoms with van der Waals surface area (Å²) >= 11 is 0. The number of nitrogens with one attached hydrogen (secondary N) is 2. The minimum Gasteiger partial charge on any atom is -0.344 e. The van der Waals surface area contributed by atoms with E-state index in [0.717, 1.165) is 11.8 Å². The molecule has 4 saturated carbocycles. The predicted octanol–water partition coefficient (Wildman–Crippen LogP) is 0.980. The summed E-state index contributed by atoms with van der Waals surface area (Å²) in [6.07, 6.45) is 6.90. The molecule has 1 unspecified atom stereocenters. The van der Waals surface area contributed by atoms with Gasteiger partial charge in [0.2, 0.25) is 17.7 Å². The minimum absolute atomic E-state index is 0.0540. The zero-order valence-corrected chi connectivity index (χ0v) is 12.1. The molecule has 5 aliphatic rings. The van der Waals surface area contributed by atoms with Gasteiger partial charge in [0.1, 0.15) is 6.04 Å². The van der Waals surface area contributed by atoms with E-state index in [1.54, 1.807) is 0 Å². The Morgan fingerprint density at radius 2 is 1.62 bits per heavy atom. The van der Waals surface area contributed by atoms with Gasteiger partial charge in [-0.2, -0.15) is 0 Å². The number of carbonyl (C=O) groups excluding carboxylic acids is 3. The summed E-state index contributed by atoms with van der Waals surface area (Å²) in [6, 6.07) is -0.521. The maximum absolute atomic E-state index is 12.7. The van der Waals surface area contributed by atoms with Crippen molar-refractivity contribution in [2.75, 3.05) is 0 Å². The van der Waals surface area contributed by atoms with E-state index in [9.17, 15) is 14.4 Å². The first-order chi connectivity index (χ1) is 10.1. The van der Waals surface area contributed by atoms with Crippen molar-refractivity contribution in [1.82, 2.24) is 10.6 Å². The summed E-state index contributed by atoms with van der Waals surface area (Å²) < 4.78 is 0. The van der Waals surface area contributed by atoms with Gasteiger partial charge in [-0.25, -0.2) is 0 Å². The van der Waals surface area contributed by atoms with Crippen molar-refractivity contribution in [3.8, 4) is 0 Å². The fourth-order valence-electron chi connectivity index (χ4n) is 5.45. The maximum Gasteiger partial charge on any atom is 0.249 e. The molecule has 1 atom stereocenters. The Kier molecular flexibility index (Phi) is 3.05. The monoisotopic (exact) mass is 290 g/mol. The lowest BCUT2D eigenvalue weighted by Crippen LogP contribution is -2.57. The van der Waals surface area contributed by atoms with E-state index in [1.807, 2.05) is 0 Å². The lowest BCUT2D eigenvalue weighted by molar-refractivity contribution is -0.144. The molecule has 1 saturated heterocycles. The van der Waals surface area contributed by atoms with Gasteiger partial charge in [-0.15, -0.1) is 0 Å². The van der Waals surface area contributed by atoms with Crippen LogP contribution in [0.3, 0.4) is 0 Å². The molecule has 5 nitrogen and oxygen atoms in total. The number of hydrogen-bond donors (Lipinski definition) is 2. The average molecular weight is 290 g/mol. The Labute approximate surface area is 124 Å². The smallest absolute Gasteiger partial charge is 0.249 e. The van der Waals surface area contributed by atoms with Gasteiger partial charge in [-0.1, -0.05) is 0 Å². The molecule has 4 bridgehead atoms. The second-order valence-corrected chi connectivity index (χ2v) is 7.47. The molecule has 114 valence electrons. The lowest BCUT2D eigenvalue weighted by atomic mass is 9.51. The van der Waals surface area contributed by atoms with Crippen molar-refractivity contribution in [2.45, 2.75) is 51.0 Å². The third kappa shape index (κ3) is 2.27. The van der Waals surface area contributed by atoms with Crippen LogP contribution in [0, 0.1) is 29.6 Å². The fourth-order valence-corrected chi connectivity index (χ4v) is 5.45. The third-order valence-corrected chi connectivity index (χ3v) is 6.09. The van der Waals surface area contributed by atoms with Gasteiger partial charge in [0.15, 0.2) is 0 Å². The predicted molar refractivity (Wildman–Crippen MR) is 74.8 cm³/mol. The molecular formula is C16H22N2O3. The minimum atomic E-state index is -0.521. The summed E-state index contributed by atoms with van der Waals surface area (Å²) in [5, 5.41) is 5.22. The van der Waals surface area contributed by atoms with E-state index in [-0.39, 0.29) is 23.6 Å². The SMILES string of the molecule is O=C1CCC(NC(=O)C2C3CC4CC(C3)CC2C4)C(=O)N1. The van der Waals surface area contributed by atoms with Gasteiger partial charge in [0, 0.05) is 12.3 Å². The fraction of sp³-hybridized carbons (Fsp3) is 0.812. The van der Waals surface area contributed by atoms with Crippen LogP contribution >= 0.6 is 0 Å². The van der Waals surface area contributed by atoms with E-state index >= 15 is 0 Å². The first kappa shape index (κ1) is 13.3. The van der Waals surface area contributed by atoms with Crippen molar-refractivity contribution in [1.29, 1.82) is 0 Å². The number of amides is 3. The Morgan fingerprint density at radius 3 is 2.19 bits per heavy atom. The van der Waals surface area contributed by atoms with Crippen LogP contribution in [-0.4, -0.2) is 23.8 Å². The van der Waals surface area contributed by atoms with Gasteiger partial charge in [0.05, 0.1) is 0 Å². The van der Waals surface area contributed by atoms with Crippen LogP contribution in [-0.2, 0) is 14.4 Å². The Balaban J connectivity index is 1.43. The van der Waals surface area contributed by atoms with Gasteiger partial charge < -0.3 is 5.32 Å². The van der Waals surface area contributed by atoms with E-state index in [1.165, 1.54) is 32.1 Å². The number of piperidine rings is 1. The molecule has 0 spiro atoms. The maximum atomic E-state index is 12.7. The molecule has 0 aromatic heterocycles. The van der Waals surface area contributed by atoms with Crippen LogP contribution < -0.4 is 10.6 Å². The highest BCUT2D eigenvalue weighted by Crippen LogP contribution is 2.56. The van der Waals surface area contributed by atoms with Crippen molar-refractivity contribution < 1.29 is 14.4 Å². The summed E-state index contributed by atoms with van der Waals surface area (Å²) in [5.41, 5.74) is 0. The van der Waals surface area contributed by atoms with E-state index < -0.39 is 6.04 Å². The average Bonchev–Trinajstić information content (AvgIpc) is 2.40. The summed E-state index contributed by atoms with van der Waals surface area (Å²) in [5.74, 6) is 2.30. The molecule has 21 heavy (non-hydrogen) atoms. The zero-order chi connectivity index (χ0) is 14.6. The molecule has 0 aromatic carbocycles. The van der Waals surface area contributed by atoms with E-state index in [0.29, 0.717) is 24.7 Å². The summed E-state index contributed by atoms with van der Waals surface area (Å²) in [6.45, 7) is 0. The number of carbonyl (C=O) groups is 3. The molecule has 5 heteroatoms. The quantitative estimate of drug-likeness (QED) is 0.744. The Morgan fingerprint density at radius 1 is 1.00 bits per heavy atom. The Bertz CT molecular complexity index is 474. The van der Waals surface area contributed by atoms with Gasteiger partial charge >= 0.3 is 0 Å². The number of hydrogen-bond acceptors (Lipinski definition) is 3. The molecule has 3 amide bonds. The van der Waals surface area contributed by atoms with Crippen LogP contribution in [0.4, 0.5) is 0 Å². The molecule has 0 aromatic rings. The lowest BCUT2D eigenvalue weighted by Gasteiger charge is -2.53. The van der Waals surface area contributed by atoms with Crippen LogP contribution in [0.2, 0.25) is 0 Å². The third-order valence-electron chi connectivity index (χ3n) is 6.09. The van der Waals surface area contributed by atoms with E-state index in [2.05, 4.69) is 10.6 Å². The molecule has 2 N–H and O–H groups in total. The van der Waals surface area contributed by atoms with Gasteiger partial charge in [-0.05, 0) is 62.2 Å². The summed E-state index contributed by atoms with van der Waals surface area (Å²) in [7, 11) is 0. The second kappa shape index (κ2) is 4.82. The molecular weight excluding hydrogens is 268 g/mol. The standard InChI is InChI=1S/C16H22N2O3/c19-13-2-1-12(15(20)18-13)17-16(21)14-10-4-8-3-9(6-10)7-11(14)5-8/h8-12,14H,1-7H2,(H,17,21)(H,18,19,20). The first-order valence-corrected chi connectivity index (χ1v) is 8.24. The highest BCUT2D eigenvalue weighted by Gasteiger charge is 2.51. The van der Waals surface area contributed by atoms with Gasteiger partial charge in [-0.3, -0.25) is 19.7 Å². The second-order valence-electron chi connectivity index (χ2n) is 7.47. The van der Waals surface area contributed by atoms with E-state index in [4.69, 9.17) is 0 Å². The highest BCUT2D eigenvalue weighted by atomic mass is 16.2. The Hall–Kier alpha value is -1.39. The highest BCUT2D eigenvalue weighted by molar-refractivity contribution is 6.01. The first-order valence-electron chi connectivity index (χ1n) is 8.24. The van der Waals surface area contributed by atoms with Crippen molar-refractivity contribution >= 4 is 17.7 Å². The van der Waals surface area contributed by atoms with Crippen LogP contribution in [0.25, 0.3) is 0 Å². The molecule has 0 radical (unpaired) electrons. The number of rotatable bonds is 2. The van der Waals surface area contributed by atoms with Crippen molar-refractivity contribution in [3.05, 3.63) is 0 Å². The zero-order valence-electron chi connectivity index (χ0n) is 12.1. The van der Waals surface area contributed by atoms with Crippen molar-refractivity contribution in [2.24, 2.45) is 29.6 Å². The van der Waals surface area contributed by atoms with Crippen molar-refractivity contribution in [3.63, 3.8) is 0 Å². The van der Waals surface area contributed by atoms with Gasteiger partial charge in [0.25, 0.3) is 0 Å². The molecule has 4 aliphatic carbocycles. The van der Waals surface area contributed by atoms with Crippen LogP contribution in [0.15, 0.2) is 0 Å². The molecule has 5 fully saturated rings. The molecule has 5 rings (SSSR count). The van der Waals surface area contributed by atoms with Crippen LogP contribution in [0.5, 0.6) is 0 Å².